The van der Waals surface area contributed by atoms with E-state index in [9.17, 15) is 18.0 Å². The van der Waals surface area contributed by atoms with E-state index in [-0.39, 0.29) is 47.7 Å². The van der Waals surface area contributed by atoms with Gasteiger partial charge in [0.1, 0.15) is 0 Å². The lowest BCUT2D eigenvalue weighted by molar-refractivity contribution is -0.130. The Balaban J connectivity index is 1.42. The molecule has 3 aliphatic rings. The highest BCUT2D eigenvalue weighted by Gasteiger charge is 2.42. The molecule has 2 aliphatic heterocycles. The van der Waals surface area contributed by atoms with Crippen LogP contribution in [0, 0.1) is 11.8 Å². The van der Waals surface area contributed by atoms with E-state index in [0.717, 1.165) is 12.8 Å². The fourth-order valence-electron chi connectivity index (χ4n) is 4.73. The van der Waals surface area contributed by atoms with Gasteiger partial charge in [-0.1, -0.05) is 18.9 Å². The van der Waals surface area contributed by atoms with Crippen molar-refractivity contribution in [2.75, 3.05) is 18.1 Å². The molecule has 27 heavy (non-hydrogen) atoms. The van der Waals surface area contributed by atoms with Crippen LogP contribution in [0.2, 0.25) is 0 Å². The van der Waals surface area contributed by atoms with Gasteiger partial charge in [-0.05, 0) is 36.6 Å². The van der Waals surface area contributed by atoms with Crippen molar-refractivity contribution in [1.82, 2.24) is 10.2 Å². The highest BCUT2D eigenvalue weighted by Crippen LogP contribution is 2.38. The van der Waals surface area contributed by atoms with Gasteiger partial charge >= 0.3 is 0 Å². The van der Waals surface area contributed by atoms with Gasteiger partial charge in [0.25, 0.3) is 0 Å². The number of thiophene rings is 1. The first kappa shape index (κ1) is 18.9. The lowest BCUT2D eigenvalue weighted by atomic mass is 9.95. The average molecular weight is 411 g/mol. The van der Waals surface area contributed by atoms with Crippen LogP contribution in [0.15, 0.2) is 17.5 Å². The van der Waals surface area contributed by atoms with Crippen LogP contribution in [0.4, 0.5) is 0 Å². The smallest absolute Gasteiger partial charge is 0.225 e. The molecule has 4 rings (SSSR count). The SMILES string of the molecule is O=C(N[C@H](c1cccs1)C1CCCC1)[C@H]1CC(=O)N([C@@H]2CCS(=O)(=O)C2)C1. The summed E-state index contributed by atoms with van der Waals surface area (Å²) in [5.41, 5.74) is 0. The number of hydrogen-bond acceptors (Lipinski definition) is 5. The molecule has 1 N–H and O–H groups in total. The van der Waals surface area contributed by atoms with E-state index in [1.54, 1.807) is 16.2 Å². The zero-order valence-electron chi connectivity index (χ0n) is 15.3. The topological polar surface area (TPSA) is 83.6 Å². The maximum Gasteiger partial charge on any atom is 0.225 e. The molecule has 0 aromatic carbocycles. The van der Waals surface area contributed by atoms with E-state index in [4.69, 9.17) is 0 Å². The molecule has 3 atom stereocenters. The molecule has 1 aliphatic carbocycles. The van der Waals surface area contributed by atoms with Gasteiger partial charge in [-0.2, -0.15) is 0 Å². The normalized spacial score (nSPS) is 29.3. The molecular weight excluding hydrogens is 384 g/mol. The van der Waals surface area contributed by atoms with Gasteiger partial charge in [-0.3, -0.25) is 9.59 Å². The lowest BCUT2D eigenvalue weighted by Gasteiger charge is -2.26. The monoisotopic (exact) mass is 410 g/mol. The summed E-state index contributed by atoms with van der Waals surface area (Å²) in [5, 5.41) is 5.26. The minimum atomic E-state index is -3.05. The van der Waals surface area contributed by atoms with Crippen LogP contribution in [-0.2, 0) is 19.4 Å². The molecule has 1 aromatic heterocycles. The number of likely N-dealkylation sites (tertiary alicyclic amines) is 1. The van der Waals surface area contributed by atoms with Gasteiger partial charge in [0, 0.05) is 23.9 Å². The standard InChI is InChI=1S/C19H26N2O4S2/c22-17-10-14(11-21(17)15-7-9-27(24,25)12-15)19(23)20-18(13-4-1-2-5-13)16-6-3-8-26-16/h3,6,8,13-15,18H,1-2,4-5,7,9-12H2,(H,20,23)/t14-,15+,18-/m0/s1. The average Bonchev–Trinajstić information content (AvgIpc) is 3.40. The third-order valence-corrected chi connectivity index (χ3v) is 8.90. The molecular formula is C19H26N2O4S2. The first-order chi connectivity index (χ1) is 12.9. The Bertz CT molecular complexity index is 800. The van der Waals surface area contributed by atoms with Crippen molar-refractivity contribution in [3.8, 4) is 0 Å². The molecule has 0 unspecified atom stereocenters. The van der Waals surface area contributed by atoms with Gasteiger partial charge in [-0.25, -0.2) is 8.42 Å². The molecule has 0 bridgehead atoms. The van der Waals surface area contributed by atoms with E-state index in [1.807, 2.05) is 11.4 Å². The summed E-state index contributed by atoms with van der Waals surface area (Å²) >= 11 is 1.66. The summed E-state index contributed by atoms with van der Waals surface area (Å²) in [6.07, 6.45) is 5.33. The lowest BCUT2D eigenvalue weighted by Crippen LogP contribution is -2.40. The van der Waals surface area contributed by atoms with Crippen molar-refractivity contribution < 1.29 is 18.0 Å². The van der Waals surface area contributed by atoms with Crippen LogP contribution in [-0.4, -0.2) is 49.2 Å². The number of nitrogens with zero attached hydrogens (tertiary/aromatic N) is 1. The molecule has 2 amide bonds. The van der Waals surface area contributed by atoms with Gasteiger partial charge in [0.15, 0.2) is 9.84 Å². The number of carbonyl (C=O) groups is 2. The fourth-order valence-corrected chi connectivity index (χ4v) is 7.33. The van der Waals surface area contributed by atoms with Gasteiger partial charge in [-0.15, -0.1) is 11.3 Å². The fraction of sp³-hybridized carbons (Fsp3) is 0.684. The molecule has 3 heterocycles. The summed E-state index contributed by atoms with van der Waals surface area (Å²) in [5.74, 6) is 0.0844. The number of nitrogens with one attached hydrogen (secondary N) is 1. The largest absolute Gasteiger partial charge is 0.348 e. The van der Waals surface area contributed by atoms with E-state index in [0.29, 0.717) is 18.9 Å². The number of hydrogen-bond donors (Lipinski definition) is 1. The Kier molecular flexibility index (Phi) is 5.29. The van der Waals surface area contributed by atoms with Crippen LogP contribution in [0.5, 0.6) is 0 Å². The Morgan fingerprint density at radius 1 is 1.26 bits per heavy atom. The van der Waals surface area contributed by atoms with E-state index < -0.39 is 9.84 Å². The summed E-state index contributed by atoms with van der Waals surface area (Å²) in [4.78, 5) is 28.2. The minimum Gasteiger partial charge on any atom is -0.348 e. The maximum atomic E-state index is 12.9. The molecule has 8 heteroatoms. The van der Waals surface area contributed by atoms with Crippen molar-refractivity contribution in [3.05, 3.63) is 22.4 Å². The maximum absolute atomic E-state index is 12.9. The van der Waals surface area contributed by atoms with Crippen LogP contribution in [0.25, 0.3) is 0 Å². The van der Waals surface area contributed by atoms with E-state index in [1.165, 1.54) is 17.7 Å². The van der Waals surface area contributed by atoms with E-state index in [2.05, 4.69) is 11.4 Å². The zero-order valence-corrected chi connectivity index (χ0v) is 16.9. The zero-order chi connectivity index (χ0) is 19.0. The highest BCUT2D eigenvalue weighted by atomic mass is 32.2. The predicted molar refractivity (Wildman–Crippen MR) is 104 cm³/mol. The Labute approximate surface area is 164 Å². The quantitative estimate of drug-likeness (QED) is 0.806. The molecule has 0 spiro atoms. The second kappa shape index (κ2) is 7.54. The van der Waals surface area contributed by atoms with Gasteiger partial charge < -0.3 is 10.2 Å². The predicted octanol–water partition coefficient (Wildman–Crippen LogP) is 2.13. The Morgan fingerprint density at radius 3 is 2.67 bits per heavy atom. The summed E-state index contributed by atoms with van der Waals surface area (Å²) < 4.78 is 23.5. The number of amides is 2. The van der Waals surface area contributed by atoms with Crippen LogP contribution >= 0.6 is 11.3 Å². The first-order valence-corrected chi connectivity index (χ1v) is 12.5. The third kappa shape index (κ3) is 4.06. The van der Waals surface area contributed by atoms with Crippen molar-refractivity contribution in [3.63, 3.8) is 0 Å². The van der Waals surface area contributed by atoms with Crippen molar-refractivity contribution >= 4 is 33.0 Å². The Morgan fingerprint density at radius 2 is 2.04 bits per heavy atom. The summed E-state index contributed by atoms with van der Waals surface area (Å²) in [7, 11) is -3.05. The molecule has 6 nitrogen and oxygen atoms in total. The van der Waals surface area contributed by atoms with Gasteiger partial charge in [0.2, 0.25) is 11.8 Å². The third-order valence-electron chi connectivity index (χ3n) is 6.20. The van der Waals surface area contributed by atoms with Gasteiger partial charge in [0.05, 0.1) is 23.5 Å². The number of carbonyl (C=O) groups excluding carboxylic acids is 2. The molecule has 148 valence electrons. The molecule has 1 aromatic rings. The van der Waals surface area contributed by atoms with Crippen molar-refractivity contribution in [2.24, 2.45) is 11.8 Å². The van der Waals surface area contributed by atoms with Crippen LogP contribution < -0.4 is 5.32 Å². The first-order valence-electron chi connectivity index (χ1n) is 9.76. The number of rotatable bonds is 5. The van der Waals surface area contributed by atoms with Crippen molar-refractivity contribution in [2.45, 2.75) is 50.6 Å². The summed E-state index contributed by atoms with van der Waals surface area (Å²) in [6, 6.07) is 3.85. The van der Waals surface area contributed by atoms with Crippen LogP contribution in [0.1, 0.15) is 49.4 Å². The van der Waals surface area contributed by atoms with E-state index >= 15 is 0 Å². The number of sulfone groups is 1. The summed E-state index contributed by atoms with van der Waals surface area (Å²) in [6.45, 7) is 0.340. The molecule has 3 fully saturated rings. The van der Waals surface area contributed by atoms with Crippen molar-refractivity contribution in [1.29, 1.82) is 0 Å². The highest BCUT2D eigenvalue weighted by molar-refractivity contribution is 7.91. The molecule has 0 radical (unpaired) electrons. The van der Waals surface area contributed by atoms with Crippen LogP contribution in [0.3, 0.4) is 0 Å². The Hall–Kier alpha value is -1.41. The second-order valence-electron chi connectivity index (χ2n) is 8.05. The molecule has 1 saturated carbocycles. The minimum absolute atomic E-state index is 0.0241. The molecule has 2 saturated heterocycles. The second-order valence-corrected chi connectivity index (χ2v) is 11.3.